The molecule has 104 valence electrons. The third-order valence-electron chi connectivity index (χ3n) is 2.75. The number of hydrogen-bond donors (Lipinski definition) is 1. The lowest BCUT2D eigenvalue weighted by atomic mass is 9.96. The molecule has 0 aliphatic heterocycles. The zero-order valence-electron chi connectivity index (χ0n) is 11.2. The van der Waals surface area contributed by atoms with Crippen LogP contribution in [0.4, 0.5) is 5.69 Å². The number of amides is 1. The second kappa shape index (κ2) is 6.02. The predicted molar refractivity (Wildman–Crippen MR) is 74.7 cm³/mol. The molecule has 1 rings (SSSR count). The zero-order chi connectivity index (χ0) is 14.6. The number of carbonyl (C=O) groups is 1. The van der Waals surface area contributed by atoms with E-state index in [1.165, 1.54) is 6.07 Å². The fourth-order valence-corrected chi connectivity index (χ4v) is 1.64. The van der Waals surface area contributed by atoms with E-state index < -0.39 is 10.8 Å². The minimum atomic E-state index is -0.531. The Hall–Kier alpha value is -1.62. The molecule has 0 spiro atoms. The summed E-state index contributed by atoms with van der Waals surface area (Å²) in [5.74, 6) is -0.0583. The molecule has 1 aromatic rings. The molecule has 0 aliphatic rings. The SMILES string of the molecule is Cc1cccc(C(=O)NCC(C)(C)CCl)c1[N+](=O)[O-]. The van der Waals surface area contributed by atoms with Crippen molar-refractivity contribution in [3.63, 3.8) is 0 Å². The molecule has 0 aromatic heterocycles. The molecule has 6 heteroatoms. The van der Waals surface area contributed by atoms with Crippen molar-refractivity contribution in [3.8, 4) is 0 Å². The predicted octanol–water partition coefficient (Wildman–Crippen LogP) is 2.90. The molecule has 1 aromatic carbocycles. The van der Waals surface area contributed by atoms with Crippen LogP contribution < -0.4 is 5.32 Å². The maximum atomic E-state index is 12.0. The van der Waals surface area contributed by atoms with Gasteiger partial charge >= 0.3 is 0 Å². The Labute approximate surface area is 117 Å². The van der Waals surface area contributed by atoms with E-state index in [9.17, 15) is 14.9 Å². The third-order valence-corrected chi connectivity index (χ3v) is 3.48. The van der Waals surface area contributed by atoms with Gasteiger partial charge in [0.1, 0.15) is 5.56 Å². The number of nitrogens with zero attached hydrogens (tertiary/aromatic N) is 1. The highest BCUT2D eigenvalue weighted by molar-refractivity contribution is 6.18. The van der Waals surface area contributed by atoms with E-state index in [0.29, 0.717) is 18.0 Å². The van der Waals surface area contributed by atoms with Crippen LogP contribution in [0, 0.1) is 22.5 Å². The van der Waals surface area contributed by atoms with Gasteiger partial charge in [0.2, 0.25) is 0 Å². The normalized spacial score (nSPS) is 11.2. The minimum Gasteiger partial charge on any atom is -0.351 e. The molecule has 0 unspecified atom stereocenters. The van der Waals surface area contributed by atoms with Gasteiger partial charge in [-0.2, -0.15) is 0 Å². The average Bonchev–Trinajstić information content (AvgIpc) is 2.35. The van der Waals surface area contributed by atoms with Crippen molar-refractivity contribution in [1.29, 1.82) is 0 Å². The summed E-state index contributed by atoms with van der Waals surface area (Å²) in [4.78, 5) is 22.5. The van der Waals surface area contributed by atoms with Crippen molar-refractivity contribution in [3.05, 3.63) is 39.4 Å². The Kier molecular flexibility index (Phi) is 4.89. The van der Waals surface area contributed by atoms with Gasteiger partial charge in [-0.05, 0) is 18.4 Å². The van der Waals surface area contributed by atoms with Gasteiger partial charge < -0.3 is 5.32 Å². The Morgan fingerprint density at radius 1 is 1.47 bits per heavy atom. The van der Waals surface area contributed by atoms with Crippen molar-refractivity contribution >= 4 is 23.2 Å². The summed E-state index contributed by atoms with van der Waals surface area (Å²) in [6.45, 7) is 5.79. The number of aryl methyl sites for hydroxylation is 1. The molecule has 0 radical (unpaired) electrons. The number of nitro benzene ring substituents is 1. The van der Waals surface area contributed by atoms with Gasteiger partial charge in [0.15, 0.2) is 0 Å². The topological polar surface area (TPSA) is 72.2 Å². The van der Waals surface area contributed by atoms with Crippen molar-refractivity contribution in [2.24, 2.45) is 5.41 Å². The summed E-state index contributed by atoms with van der Waals surface area (Å²) < 4.78 is 0. The first-order valence-electron chi connectivity index (χ1n) is 5.86. The highest BCUT2D eigenvalue weighted by Crippen LogP contribution is 2.23. The van der Waals surface area contributed by atoms with Crippen LogP contribution in [0.2, 0.25) is 0 Å². The van der Waals surface area contributed by atoms with Gasteiger partial charge in [0, 0.05) is 18.0 Å². The maximum absolute atomic E-state index is 12.0. The second-order valence-electron chi connectivity index (χ2n) is 5.21. The summed E-state index contributed by atoms with van der Waals surface area (Å²) >= 11 is 5.77. The summed E-state index contributed by atoms with van der Waals surface area (Å²) in [7, 11) is 0. The lowest BCUT2D eigenvalue weighted by Gasteiger charge is -2.21. The van der Waals surface area contributed by atoms with E-state index in [-0.39, 0.29) is 16.7 Å². The molecule has 19 heavy (non-hydrogen) atoms. The van der Waals surface area contributed by atoms with Gasteiger partial charge in [-0.25, -0.2) is 0 Å². The number of rotatable bonds is 5. The number of hydrogen-bond acceptors (Lipinski definition) is 3. The fraction of sp³-hybridized carbons (Fsp3) is 0.462. The quantitative estimate of drug-likeness (QED) is 0.513. The van der Waals surface area contributed by atoms with E-state index in [0.717, 1.165) is 0 Å². The third kappa shape index (κ3) is 3.92. The highest BCUT2D eigenvalue weighted by atomic mass is 35.5. The maximum Gasteiger partial charge on any atom is 0.285 e. The first kappa shape index (κ1) is 15.4. The molecule has 0 bridgehead atoms. The molecular weight excluding hydrogens is 268 g/mol. The Bertz CT molecular complexity index is 501. The van der Waals surface area contributed by atoms with Crippen LogP contribution in [0.3, 0.4) is 0 Å². The minimum absolute atomic E-state index is 0.0790. The van der Waals surface area contributed by atoms with Crippen LogP contribution in [0.15, 0.2) is 18.2 Å². The smallest absolute Gasteiger partial charge is 0.285 e. The summed E-state index contributed by atoms with van der Waals surface area (Å²) in [6, 6.07) is 4.69. The average molecular weight is 285 g/mol. The number of alkyl halides is 1. The Morgan fingerprint density at radius 3 is 2.63 bits per heavy atom. The standard InChI is InChI=1S/C13H17ClN2O3/c1-9-5-4-6-10(11(9)16(18)19)12(17)15-8-13(2,3)7-14/h4-6H,7-8H2,1-3H3,(H,15,17). The van der Waals surface area contributed by atoms with Crippen LogP contribution in [0.1, 0.15) is 29.8 Å². The molecule has 0 atom stereocenters. The first-order valence-corrected chi connectivity index (χ1v) is 6.40. The second-order valence-corrected chi connectivity index (χ2v) is 5.48. The number of nitrogens with one attached hydrogen (secondary N) is 1. The van der Waals surface area contributed by atoms with E-state index in [1.54, 1.807) is 19.1 Å². The molecule has 1 N–H and O–H groups in total. The number of para-hydroxylation sites is 1. The monoisotopic (exact) mass is 284 g/mol. The molecule has 0 aliphatic carbocycles. The van der Waals surface area contributed by atoms with Crippen LogP contribution in [0.25, 0.3) is 0 Å². The molecule has 1 amide bonds. The Balaban J connectivity index is 2.95. The first-order chi connectivity index (χ1) is 8.78. The number of nitro groups is 1. The van der Waals surface area contributed by atoms with E-state index in [1.807, 2.05) is 13.8 Å². The largest absolute Gasteiger partial charge is 0.351 e. The van der Waals surface area contributed by atoms with Crippen molar-refractivity contribution in [2.75, 3.05) is 12.4 Å². The van der Waals surface area contributed by atoms with E-state index in [2.05, 4.69) is 5.32 Å². The van der Waals surface area contributed by atoms with Crippen molar-refractivity contribution < 1.29 is 9.72 Å². The highest BCUT2D eigenvalue weighted by Gasteiger charge is 2.24. The molecule has 0 saturated heterocycles. The fourth-order valence-electron chi connectivity index (χ4n) is 1.55. The summed E-state index contributed by atoms with van der Waals surface area (Å²) in [6.07, 6.45) is 0. The molecule has 0 saturated carbocycles. The van der Waals surface area contributed by atoms with Gasteiger partial charge in [-0.15, -0.1) is 11.6 Å². The van der Waals surface area contributed by atoms with Crippen LogP contribution >= 0.6 is 11.6 Å². The van der Waals surface area contributed by atoms with Gasteiger partial charge in [-0.3, -0.25) is 14.9 Å². The number of benzene rings is 1. The Morgan fingerprint density at radius 2 is 2.11 bits per heavy atom. The van der Waals surface area contributed by atoms with Crippen molar-refractivity contribution in [1.82, 2.24) is 5.32 Å². The van der Waals surface area contributed by atoms with E-state index in [4.69, 9.17) is 11.6 Å². The summed E-state index contributed by atoms with van der Waals surface area (Å²) in [5, 5.41) is 13.7. The van der Waals surface area contributed by atoms with E-state index >= 15 is 0 Å². The lowest BCUT2D eigenvalue weighted by molar-refractivity contribution is -0.385. The lowest BCUT2D eigenvalue weighted by Crippen LogP contribution is -2.35. The van der Waals surface area contributed by atoms with Crippen LogP contribution in [-0.4, -0.2) is 23.3 Å². The molecule has 0 heterocycles. The van der Waals surface area contributed by atoms with Crippen molar-refractivity contribution in [2.45, 2.75) is 20.8 Å². The van der Waals surface area contributed by atoms with Crippen LogP contribution in [0.5, 0.6) is 0 Å². The number of halogens is 1. The van der Waals surface area contributed by atoms with Crippen LogP contribution in [-0.2, 0) is 0 Å². The molecular formula is C13H17ClN2O3. The summed E-state index contributed by atoms with van der Waals surface area (Å²) in [5.41, 5.74) is 0.142. The molecule has 0 fully saturated rings. The van der Waals surface area contributed by atoms with Gasteiger partial charge in [0.05, 0.1) is 4.92 Å². The zero-order valence-corrected chi connectivity index (χ0v) is 12.0. The molecule has 5 nitrogen and oxygen atoms in total. The number of carbonyl (C=O) groups excluding carboxylic acids is 1. The van der Waals surface area contributed by atoms with Gasteiger partial charge in [-0.1, -0.05) is 26.0 Å². The van der Waals surface area contributed by atoms with Gasteiger partial charge in [0.25, 0.3) is 11.6 Å².